The molecule has 1 heterocycles. The molecule has 0 saturated heterocycles. The smallest absolute Gasteiger partial charge is 0.310 e. The van der Waals surface area contributed by atoms with E-state index in [1.165, 1.54) is 5.56 Å². The van der Waals surface area contributed by atoms with Gasteiger partial charge in [0.05, 0.1) is 5.92 Å². The van der Waals surface area contributed by atoms with Crippen LogP contribution in [-0.4, -0.2) is 15.6 Å². The van der Waals surface area contributed by atoms with Gasteiger partial charge in [0.1, 0.15) is 25.5 Å². The molecule has 1 unspecified atom stereocenters. The highest BCUT2D eigenvalue weighted by atomic mass is 16.4. The van der Waals surface area contributed by atoms with Crippen LogP contribution in [0.25, 0.3) is 0 Å². The topological polar surface area (TPSA) is 46.1 Å². The average molecular weight is 273 g/mol. The molecule has 2 rings (SSSR count). The van der Waals surface area contributed by atoms with E-state index in [4.69, 9.17) is 5.11 Å². The molecule has 0 saturated carbocycles. The molecule has 0 aliphatic rings. The Balaban J connectivity index is 2.19. The lowest BCUT2D eigenvalue weighted by Crippen LogP contribution is -2.38. The van der Waals surface area contributed by atoms with Gasteiger partial charge in [0, 0.05) is 6.42 Å². The molecule has 1 aromatic carbocycles. The Kier molecular flexibility index (Phi) is 4.56. The molecule has 2 aromatic rings. The summed E-state index contributed by atoms with van der Waals surface area (Å²) in [5.74, 6) is 0.0233. The van der Waals surface area contributed by atoms with Crippen LogP contribution in [0.4, 0.5) is 0 Å². The number of aromatic nitrogens is 2. The van der Waals surface area contributed by atoms with Crippen molar-refractivity contribution >= 4 is 5.97 Å². The molecule has 0 aliphatic carbocycles. The lowest BCUT2D eigenvalue weighted by atomic mass is 10.2. The normalized spacial score (nSPS) is 12.3. The third-order valence-corrected chi connectivity index (χ3v) is 3.49. The van der Waals surface area contributed by atoms with Gasteiger partial charge in [0.15, 0.2) is 0 Å². The summed E-state index contributed by atoms with van der Waals surface area (Å²) in [6.45, 7) is 5.17. The summed E-state index contributed by atoms with van der Waals surface area (Å²) in [7, 11) is 0. The number of hydrogen-bond donors (Lipinski definition) is 1. The predicted octanol–water partition coefficient (Wildman–Crippen LogP) is 2.11. The van der Waals surface area contributed by atoms with E-state index >= 15 is 0 Å². The van der Waals surface area contributed by atoms with Crippen LogP contribution >= 0.6 is 0 Å². The van der Waals surface area contributed by atoms with Gasteiger partial charge in [0.2, 0.25) is 0 Å². The molecule has 20 heavy (non-hydrogen) atoms. The number of carboxylic acids is 1. The Morgan fingerprint density at radius 2 is 2.05 bits per heavy atom. The highest BCUT2D eigenvalue weighted by Crippen LogP contribution is 2.06. The second-order valence-corrected chi connectivity index (χ2v) is 5.07. The first-order valence-corrected chi connectivity index (χ1v) is 6.96. The van der Waals surface area contributed by atoms with Gasteiger partial charge in [-0.3, -0.25) is 4.79 Å². The van der Waals surface area contributed by atoms with Crippen LogP contribution in [-0.2, 0) is 24.3 Å². The summed E-state index contributed by atoms with van der Waals surface area (Å²) in [6, 6.07) is 10.3. The van der Waals surface area contributed by atoms with E-state index in [-0.39, 0.29) is 5.92 Å². The van der Waals surface area contributed by atoms with Gasteiger partial charge in [-0.05, 0) is 12.5 Å². The molecular weight excluding hydrogens is 252 g/mol. The first kappa shape index (κ1) is 14.3. The van der Waals surface area contributed by atoms with E-state index < -0.39 is 5.97 Å². The van der Waals surface area contributed by atoms with E-state index in [2.05, 4.69) is 23.6 Å². The second-order valence-electron chi connectivity index (χ2n) is 5.07. The first-order chi connectivity index (χ1) is 9.61. The quantitative estimate of drug-likeness (QED) is 0.819. The van der Waals surface area contributed by atoms with E-state index in [0.29, 0.717) is 6.54 Å². The Morgan fingerprint density at radius 3 is 2.65 bits per heavy atom. The van der Waals surface area contributed by atoms with Crippen molar-refractivity contribution in [3.8, 4) is 0 Å². The van der Waals surface area contributed by atoms with Crippen molar-refractivity contribution in [1.82, 2.24) is 4.57 Å². The molecule has 0 spiro atoms. The van der Waals surface area contributed by atoms with Gasteiger partial charge in [-0.15, -0.1) is 0 Å². The van der Waals surface area contributed by atoms with Crippen molar-refractivity contribution in [2.24, 2.45) is 5.92 Å². The lowest BCUT2D eigenvalue weighted by Gasteiger charge is -2.06. The minimum absolute atomic E-state index is 0.377. The molecule has 1 atom stereocenters. The van der Waals surface area contributed by atoms with Gasteiger partial charge < -0.3 is 5.11 Å². The van der Waals surface area contributed by atoms with Crippen LogP contribution in [0, 0.1) is 5.92 Å². The molecular formula is C16H21N2O2+. The molecule has 0 radical (unpaired) electrons. The van der Waals surface area contributed by atoms with E-state index in [9.17, 15) is 4.79 Å². The number of nitrogens with zero attached hydrogens (tertiary/aromatic N) is 2. The Bertz CT molecular complexity index is 575. The van der Waals surface area contributed by atoms with E-state index in [0.717, 1.165) is 18.8 Å². The fourth-order valence-electron chi connectivity index (χ4n) is 2.37. The number of benzene rings is 1. The summed E-state index contributed by atoms with van der Waals surface area (Å²) in [5.41, 5.74) is 1.25. The van der Waals surface area contributed by atoms with Crippen LogP contribution < -0.4 is 4.57 Å². The minimum Gasteiger partial charge on any atom is -0.481 e. The molecule has 4 nitrogen and oxygen atoms in total. The molecule has 1 aromatic heterocycles. The number of rotatable bonds is 6. The molecule has 0 aliphatic heterocycles. The van der Waals surface area contributed by atoms with Crippen molar-refractivity contribution in [2.75, 3.05) is 0 Å². The van der Waals surface area contributed by atoms with E-state index in [1.807, 2.05) is 35.2 Å². The standard InChI is InChI=1S/C16H20N2O2/c1-3-15-17(11-13(2)16(19)20)9-10-18(15)12-14-7-5-4-6-8-14/h4-10,13H,3,11-12H2,1-2H3/p+1. The van der Waals surface area contributed by atoms with Gasteiger partial charge in [-0.1, -0.05) is 37.3 Å². The SMILES string of the molecule is CCc1n(CC(C)C(=O)O)cc[n+]1Cc1ccccc1. The molecule has 0 fully saturated rings. The van der Waals surface area contributed by atoms with E-state index in [1.54, 1.807) is 6.92 Å². The van der Waals surface area contributed by atoms with Crippen LogP contribution in [0.2, 0.25) is 0 Å². The van der Waals surface area contributed by atoms with Crippen molar-refractivity contribution in [3.63, 3.8) is 0 Å². The Labute approximate surface area is 119 Å². The number of aliphatic carboxylic acids is 1. The van der Waals surface area contributed by atoms with Crippen LogP contribution in [0.5, 0.6) is 0 Å². The van der Waals surface area contributed by atoms with Gasteiger partial charge in [-0.2, -0.15) is 0 Å². The van der Waals surface area contributed by atoms with Crippen molar-refractivity contribution < 1.29 is 14.5 Å². The maximum Gasteiger partial charge on any atom is 0.310 e. The second kappa shape index (κ2) is 6.37. The molecule has 1 N–H and O–H groups in total. The van der Waals surface area contributed by atoms with Crippen LogP contribution in [0.3, 0.4) is 0 Å². The highest BCUT2D eigenvalue weighted by molar-refractivity contribution is 5.69. The number of imidazole rings is 1. The zero-order chi connectivity index (χ0) is 14.5. The Hall–Kier alpha value is -2.10. The third kappa shape index (κ3) is 3.26. The average Bonchev–Trinajstić information content (AvgIpc) is 2.81. The maximum absolute atomic E-state index is 11.0. The van der Waals surface area contributed by atoms with Gasteiger partial charge in [-0.25, -0.2) is 9.13 Å². The first-order valence-electron chi connectivity index (χ1n) is 6.96. The zero-order valence-electron chi connectivity index (χ0n) is 12.0. The monoisotopic (exact) mass is 273 g/mol. The summed E-state index contributed by atoms with van der Waals surface area (Å²) < 4.78 is 4.23. The van der Waals surface area contributed by atoms with Gasteiger partial charge >= 0.3 is 5.97 Å². The largest absolute Gasteiger partial charge is 0.481 e. The van der Waals surface area contributed by atoms with Crippen molar-refractivity contribution in [3.05, 3.63) is 54.1 Å². The molecule has 4 heteroatoms. The number of carbonyl (C=O) groups is 1. The van der Waals surface area contributed by atoms with Crippen LogP contribution in [0.15, 0.2) is 42.7 Å². The fraction of sp³-hybridized carbons (Fsp3) is 0.375. The molecule has 106 valence electrons. The van der Waals surface area contributed by atoms with Crippen LogP contribution in [0.1, 0.15) is 25.2 Å². The Morgan fingerprint density at radius 1 is 1.35 bits per heavy atom. The summed E-state index contributed by atoms with van der Waals surface area (Å²) in [4.78, 5) is 11.0. The number of carboxylic acid groups (broad SMARTS) is 1. The molecule has 0 amide bonds. The van der Waals surface area contributed by atoms with Crippen molar-refractivity contribution in [1.29, 1.82) is 0 Å². The number of hydrogen-bond acceptors (Lipinski definition) is 1. The maximum atomic E-state index is 11.0. The predicted molar refractivity (Wildman–Crippen MR) is 76.3 cm³/mol. The zero-order valence-corrected chi connectivity index (χ0v) is 12.0. The van der Waals surface area contributed by atoms with Crippen molar-refractivity contribution in [2.45, 2.75) is 33.4 Å². The summed E-state index contributed by atoms with van der Waals surface area (Å²) in [5, 5.41) is 9.03. The summed E-state index contributed by atoms with van der Waals surface area (Å²) in [6.07, 6.45) is 4.88. The molecule has 0 bridgehead atoms. The third-order valence-electron chi connectivity index (χ3n) is 3.49. The van der Waals surface area contributed by atoms with Gasteiger partial charge in [0.25, 0.3) is 5.82 Å². The summed E-state index contributed by atoms with van der Waals surface area (Å²) >= 11 is 0. The fourth-order valence-corrected chi connectivity index (χ4v) is 2.37. The minimum atomic E-state index is -0.754. The highest BCUT2D eigenvalue weighted by Gasteiger charge is 2.20. The lowest BCUT2D eigenvalue weighted by molar-refractivity contribution is -0.695.